The van der Waals surface area contributed by atoms with Crippen molar-refractivity contribution in [1.82, 2.24) is 24.8 Å². The molecule has 0 unspecified atom stereocenters. The van der Waals surface area contributed by atoms with Crippen LogP contribution in [0.3, 0.4) is 0 Å². The van der Waals surface area contributed by atoms with E-state index in [2.05, 4.69) is 25.6 Å². The van der Waals surface area contributed by atoms with Gasteiger partial charge in [-0.1, -0.05) is 6.07 Å². The summed E-state index contributed by atoms with van der Waals surface area (Å²) in [5.41, 5.74) is -1.67. The van der Waals surface area contributed by atoms with Gasteiger partial charge < -0.3 is 10.6 Å². The highest BCUT2D eigenvalue weighted by atomic mass is 32.2. The minimum absolute atomic E-state index is 0.0700. The number of sulfone groups is 1. The predicted molar refractivity (Wildman–Crippen MR) is 119 cm³/mol. The molecule has 0 saturated heterocycles. The Labute approximate surface area is 198 Å². The highest BCUT2D eigenvalue weighted by Crippen LogP contribution is 2.25. The summed E-state index contributed by atoms with van der Waals surface area (Å²) >= 11 is 0. The van der Waals surface area contributed by atoms with Gasteiger partial charge in [0.2, 0.25) is 5.91 Å². The van der Waals surface area contributed by atoms with Crippen LogP contribution in [0.4, 0.5) is 14.6 Å². The molecule has 0 spiro atoms. The topological polar surface area (TPSA) is 160 Å². The van der Waals surface area contributed by atoms with Gasteiger partial charge >= 0.3 is 5.92 Å². The van der Waals surface area contributed by atoms with E-state index in [0.29, 0.717) is 0 Å². The maximum atomic E-state index is 14.4. The number of aromatic nitrogens is 4. The Morgan fingerprint density at radius 2 is 1.91 bits per heavy atom. The van der Waals surface area contributed by atoms with E-state index >= 15 is 0 Å². The van der Waals surface area contributed by atoms with Gasteiger partial charge in [-0.3, -0.25) is 24.1 Å². The first-order valence-electron chi connectivity index (χ1n) is 9.96. The number of hydrogen-bond acceptors (Lipinski definition) is 9. The van der Waals surface area contributed by atoms with Crippen LogP contribution in [-0.4, -0.2) is 46.6 Å². The van der Waals surface area contributed by atoms with Crippen molar-refractivity contribution in [3.63, 3.8) is 0 Å². The molecule has 1 amide bonds. The molecule has 182 valence electrons. The van der Waals surface area contributed by atoms with Crippen LogP contribution in [0.5, 0.6) is 0 Å². The number of halogens is 2. The van der Waals surface area contributed by atoms with Crippen molar-refractivity contribution < 1.29 is 22.0 Å². The number of carbonyl (C=O) groups is 1. The number of pyridine rings is 2. The van der Waals surface area contributed by atoms with E-state index in [-0.39, 0.29) is 22.8 Å². The summed E-state index contributed by atoms with van der Waals surface area (Å²) in [4.78, 5) is 36.4. The number of carbonyl (C=O) groups excluding carboxylic acids is 1. The van der Waals surface area contributed by atoms with Crippen molar-refractivity contribution in [2.75, 3.05) is 18.1 Å². The largest absolute Gasteiger partial charge is 0.359 e. The van der Waals surface area contributed by atoms with Crippen LogP contribution < -0.4 is 16.2 Å². The number of hydrogen-bond donors (Lipinski definition) is 2. The molecule has 3 heterocycles. The van der Waals surface area contributed by atoms with Gasteiger partial charge in [0.1, 0.15) is 24.0 Å². The van der Waals surface area contributed by atoms with E-state index in [1.165, 1.54) is 36.7 Å². The number of amides is 1. The standard InChI is InChI=1S/C21H19F2N7O4S/c1-35(33,34)16-5-4-8-25-15(16)11-27-18(31)12-30-14(9-24)10-28-19(20(30)32)29-13-21(22,23)17-6-2-3-7-26-17/h2-8,10H,11-13H2,1H3,(H,27,31)(H,28,29). The summed E-state index contributed by atoms with van der Waals surface area (Å²) in [5.74, 6) is -4.66. The van der Waals surface area contributed by atoms with Crippen molar-refractivity contribution in [3.05, 3.63) is 76.4 Å². The zero-order valence-corrected chi connectivity index (χ0v) is 19.1. The smallest absolute Gasteiger partial charge is 0.306 e. The first kappa shape index (κ1) is 25.4. The van der Waals surface area contributed by atoms with E-state index in [1.54, 1.807) is 6.07 Å². The summed E-state index contributed by atoms with van der Waals surface area (Å²) in [5, 5.41) is 14.0. The number of anilines is 1. The maximum absolute atomic E-state index is 14.4. The van der Waals surface area contributed by atoms with Gasteiger partial charge in [-0.15, -0.1) is 0 Å². The Morgan fingerprint density at radius 3 is 2.57 bits per heavy atom. The van der Waals surface area contributed by atoms with Crippen molar-refractivity contribution in [2.45, 2.75) is 23.9 Å². The molecule has 0 atom stereocenters. The second kappa shape index (κ2) is 10.3. The van der Waals surface area contributed by atoms with Crippen LogP contribution in [0.15, 0.2) is 58.6 Å². The molecular formula is C21H19F2N7O4S. The van der Waals surface area contributed by atoms with Gasteiger partial charge in [0.15, 0.2) is 15.7 Å². The van der Waals surface area contributed by atoms with E-state index in [9.17, 15) is 32.0 Å². The van der Waals surface area contributed by atoms with Crippen LogP contribution in [0.25, 0.3) is 0 Å². The third kappa shape index (κ3) is 6.21. The zero-order valence-electron chi connectivity index (χ0n) is 18.3. The molecule has 3 aromatic heterocycles. The molecule has 0 aliphatic rings. The Balaban J connectivity index is 1.75. The highest BCUT2D eigenvalue weighted by Gasteiger charge is 2.33. The van der Waals surface area contributed by atoms with Gasteiger partial charge in [0.25, 0.3) is 5.56 Å². The SMILES string of the molecule is CS(=O)(=O)c1cccnc1CNC(=O)Cn1c(C#N)cnc(NCC(F)(F)c2ccccn2)c1=O. The molecule has 0 aliphatic heterocycles. The molecule has 0 saturated carbocycles. The fourth-order valence-corrected chi connectivity index (χ4v) is 3.87. The number of rotatable bonds is 9. The molecular weight excluding hydrogens is 484 g/mol. The van der Waals surface area contributed by atoms with E-state index in [1.807, 2.05) is 0 Å². The van der Waals surface area contributed by atoms with E-state index < -0.39 is 51.8 Å². The Morgan fingerprint density at radius 1 is 1.17 bits per heavy atom. The van der Waals surface area contributed by atoms with Gasteiger partial charge in [-0.25, -0.2) is 13.4 Å². The van der Waals surface area contributed by atoms with Gasteiger partial charge in [0.05, 0.1) is 29.9 Å². The Bertz CT molecular complexity index is 1440. The van der Waals surface area contributed by atoms with Crippen molar-refractivity contribution in [3.8, 4) is 6.07 Å². The van der Waals surface area contributed by atoms with Crippen LogP contribution in [-0.2, 0) is 33.6 Å². The minimum Gasteiger partial charge on any atom is -0.359 e. The third-order valence-electron chi connectivity index (χ3n) is 4.69. The molecule has 2 N–H and O–H groups in total. The number of nitrogens with one attached hydrogen (secondary N) is 2. The van der Waals surface area contributed by atoms with E-state index in [4.69, 9.17) is 0 Å². The monoisotopic (exact) mass is 503 g/mol. The summed E-state index contributed by atoms with van der Waals surface area (Å²) in [6.07, 6.45) is 4.53. The van der Waals surface area contributed by atoms with Crippen molar-refractivity contribution in [1.29, 1.82) is 5.26 Å². The molecule has 14 heteroatoms. The number of nitriles is 1. The number of nitrogens with zero attached hydrogens (tertiary/aromatic N) is 5. The second-order valence-corrected chi connectivity index (χ2v) is 9.25. The number of alkyl halides is 2. The predicted octanol–water partition coefficient (Wildman–Crippen LogP) is 0.829. The average Bonchev–Trinajstić information content (AvgIpc) is 2.83. The molecule has 0 fully saturated rings. The Hall–Kier alpha value is -4.25. The molecule has 11 nitrogen and oxygen atoms in total. The molecule has 0 aromatic carbocycles. The first-order valence-corrected chi connectivity index (χ1v) is 11.9. The second-order valence-electron chi connectivity index (χ2n) is 7.27. The van der Waals surface area contributed by atoms with Crippen molar-refractivity contribution in [2.24, 2.45) is 0 Å². The fraction of sp³-hybridized carbons (Fsp3) is 0.238. The lowest BCUT2D eigenvalue weighted by Gasteiger charge is -2.17. The molecule has 0 radical (unpaired) electrons. The van der Waals surface area contributed by atoms with Crippen LogP contribution in [0.1, 0.15) is 17.1 Å². The normalized spacial score (nSPS) is 11.5. The fourth-order valence-electron chi connectivity index (χ4n) is 3.00. The van der Waals surface area contributed by atoms with Crippen LogP contribution in [0.2, 0.25) is 0 Å². The van der Waals surface area contributed by atoms with Gasteiger partial charge in [0, 0.05) is 18.6 Å². The lowest BCUT2D eigenvalue weighted by atomic mass is 10.2. The first-order chi connectivity index (χ1) is 16.5. The minimum atomic E-state index is -3.60. The molecule has 0 aliphatic carbocycles. The highest BCUT2D eigenvalue weighted by molar-refractivity contribution is 7.90. The summed E-state index contributed by atoms with van der Waals surface area (Å²) in [6.45, 7) is -1.90. The maximum Gasteiger partial charge on any atom is 0.306 e. The molecule has 35 heavy (non-hydrogen) atoms. The van der Waals surface area contributed by atoms with Gasteiger partial charge in [-0.05, 0) is 24.3 Å². The summed E-state index contributed by atoms with van der Waals surface area (Å²) < 4.78 is 53.3. The Kier molecular flexibility index (Phi) is 7.50. The van der Waals surface area contributed by atoms with Gasteiger partial charge in [-0.2, -0.15) is 14.0 Å². The average molecular weight is 503 g/mol. The van der Waals surface area contributed by atoms with Crippen LogP contribution in [0, 0.1) is 11.3 Å². The lowest BCUT2D eigenvalue weighted by molar-refractivity contribution is -0.121. The quantitative estimate of drug-likeness (QED) is 0.431. The lowest BCUT2D eigenvalue weighted by Crippen LogP contribution is -2.36. The van der Waals surface area contributed by atoms with Crippen molar-refractivity contribution >= 4 is 21.6 Å². The zero-order chi connectivity index (χ0) is 25.6. The summed E-state index contributed by atoms with van der Waals surface area (Å²) in [7, 11) is -3.60. The molecule has 3 aromatic rings. The third-order valence-corrected chi connectivity index (χ3v) is 5.86. The van der Waals surface area contributed by atoms with Crippen LogP contribution >= 0.6 is 0 Å². The summed E-state index contributed by atoms with van der Waals surface area (Å²) in [6, 6.07) is 8.49. The van der Waals surface area contributed by atoms with E-state index in [0.717, 1.165) is 23.1 Å². The molecule has 0 bridgehead atoms. The molecule has 3 rings (SSSR count).